The maximum absolute atomic E-state index is 11.7. The molecule has 0 aromatic carbocycles. The number of nitrogens with zero attached hydrogens (tertiary/aromatic N) is 2. The molecule has 5 heteroatoms. The molecule has 0 saturated carbocycles. The molecule has 1 aliphatic rings. The Kier molecular flexibility index (Phi) is 2.38. The van der Waals surface area contributed by atoms with E-state index >= 15 is 0 Å². The zero-order valence-electron chi connectivity index (χ0n) is 9.29. The van der Waals surface area contributed by atoms with Crippen LogP contribution in [0.2, 0.25) is 0 Å². The molecule has 0 saturated heterocycles. The predicted molar refractivity (Wildman–Crippen MR) is 58.9 cm³/mol. The van der Waals surface area contributed by atoms with Crippen LogP contribution in [-0.2, 0) is 11.8 Å². The number of anilines is 2. The highest BCUT2D eigenvalue weighted by atomic mass is 16.2. The Labute approximate surface area is 88.8 Å². The largest absolute Gasteiger partial charge is 0.357 e. The molecular formula is C10H16N4O. The van der Waals surface area contributed by atoms with Crippen molar-refractivity contribution in [2.24, 2.45) is 7.05 Å². The lowest BCUT2D eigenvalue weighted by Gasteiger charge is -2.24. The molecule has 0 spiro atoms. The molecule has 82 valence electrons. The number of nitrogens with one attached hydrogen (secondary N) is 2. The normalized spacial score (nSPS) is 19.4. The minimum absolute atomic E-state index is 0.0421. The number of aromatic nitrogens is 2. The number of hydrogen-bond acceptors (Lipinski definition) is 3. The van der Waals surface area contributed by atoms with Crippen LogP contribution in [0.3, 0.4) is 0 Å². The monoisotopic (exact) mass is 208 g/mol. The number of fused-ring (bicyclic) bond motifs is 1. The van der Waals surface area contributed by atoms with E-state index in [1.165, 1.54) is 0 Å². The van der Waals surface area contributed by atoms with Gasteiger partial charge in [-0.05, 0) is 13.3 Å². The van der Waals surface area contributed by atoms with E-state index in [1.54, 1.807) is 4.68 Å². The fraction of sp³-hybridized carbons (Fsp3) is 0.600. The lowest BCUT2D eigenvalue weighted by molar-refractivity contribution is -0.117. The molecule has 15 heavy (non-hydrogen) atoms. The number of hydrogen-bond donors (Lipinski definition) is 2. The van der Waals surface area contributed by atoms with E-state index in [9.17, 15) is 4.79 Å². The van der Waals surface area contributed by atoms with Gasteiger partial charge in [-0.15, -0.1) is 0 Å². The third-order valence-electron chi connectivity index (χ3n) is 2.68. The minimum Gasteiger partial charge on any atom is -0.357 e. The Morgan fingerprint density at radius 2 is 2.27 bits per heavy atom. The van der Waals surface area contributed by atoms with E-state index in [2.05, 4.69) is 22.7 Å². The van der Waals surface area contributed by atoms with E-state index < -0.39 is 0 Å². The molecule has 2 rings (SSSR count). The lowest BCUT2D eigenvalue weighted by atomic mass is 10.1. The van der Waals surface area contributed by atoms with Crippen LogP contribution in [0.1, 0.15) is 25.5 Å². The van der Waals surface area contributed by atoms with Gasteiger partial charge in [-0.25, -0.2) is 0 Å². The molecule has 5 nitrogen and oxygen atoms in total. The van der Waals surface area contributed by atoms with Crippen molar-refractivity contribution in [2.45, 2.75) is 32.7 Å². The van der Waals surface area contributed by atoms with Crippen molar-refractivity contribution in [3.05, 3.63) is 5.69 Å². The van der Waals surface area contributed by atoms with Crippen molar-refractivity contribution < 1.29 is 4.79 Å². The van der Waals surface area contributed by atoms with E-state index in [0.29, 0.717) is 0 Å². The van der Waals surface area contributed by atoms with Crippen molar-refractivity contribution in [1.29, 1.82) is 0 Å². The van der Waals surface area contributed by atoms with Gasteiger partial charge in [-0.1, -0.05) is 13.3 Å². The standard InChI is InChI=1S/C10H16N4O/c1-4-5-7-10(15)12-8-6(2)13-14(3)9(8)11-7/h7,11H,4-5H2,1-3H3,(H,12,15). The molecule has 1 amide bonds. The molecule has 1 aliphatic heterocycles. The van der Waals surface area contributed by atoms with Gasteiger partial charge in [0.15, 0.2) is 0 Å². The molecule has 0 bridgehead atoms. The molecule has 1 unspecified atom stereocenters. The average Bonchev–Trinajstić information content (AvgIpc) is 2.44. The van der Waals surface area contributed by atoms with Crippen LogP contribution in [0.15, 0.2) is 0 Å². The molecule has 0 radical (unpaired) electrons. The summed E-state index contributed by atoms with van der Waals surface area (Å²) >= 11 is 0. The highest BCUT2D eigenvalue weighted by Crippen LogP contribution is 2.29. The second-order valence-electron chi connectivity index (χ2n) is 3.91. The van der Waals surface area contributed by atoms with Crippen molar-refractivity contribution in [2.75, 3.05) is 10.6 Å². The van der Waals surface area contributed by atoms with Crippen LogP contribution in [0.4, 0.5) is 11.5 Å². The first-order valence-electron chi connectivity index (χ1n) is 5.24. The number of amides is 1. The summed E-state index contributed by atoms with van der Waals surface area (Å²) in [5, 5.41) is 10.4. The van der Waals surface area contributed by atoms with Crippen LogP contribution >= 0.6 is 0 Å². The third-order valence-corrected chi connectivity index (χ3v) is 2.68. The summed E-state index contributed by atoms with van der Waals surface area (Å²) in [6.45, 7) is 3.96. The Hall–Kier alpha value is -1.52. The van der Waals surface area contributed by atoms with Gasteiger partial charge >= 0.3 is 0 Å². The second-order valence-corrected chi connectivity index (χ2v) is 3.91. The first-order chi connectivity index (χ1) is 7.13. The fourth-order valence-electron chi connectivity index (χ4n) is 1.91. The van der Waals surface area contributed by atoms with Gasteiger partial charge in [0, 0.05) is 7.05 Å². The van der Waals surface area contributed by atoms with Gasteiger partial charge < -0.3 is 10.6 Å². The predicted octanol–water partition coefficient (Wildman–Crippen LogP) is 1.26. The summed E-state index contributed by atoms with van der Waals surface area (Å²) in [6, 6.07) is -0.128. The van der Waals surface area contributed by atoms with Crippen LogP contribution in [0.5, 0.6) is 0 Å². The quantitative estimate of drug-likeness (QED) is 0.769. The molecule has 1 atom stereocenters. The SMILES string of the molecule is CCCC1Nc2c(c(C)nn2C)NC1=O. The maximum Gasteiger partial charge on any atom is 0.247 e. The van der Waals surface area contributed by atoms with Crippen molar-refractivity contribution >= 4 is 17.4 Å². The molecule has 1 aromatic heterocycles. The topological polar surface area (TPSA) is 59.0 Å². The summed E-state index contributed by atoms with van der Waals surface area (Å²) < 4.78 is 1.77. The Bertz CT molecular complexity index is 396. The van der Waals surface area contributed by atoms with E-state index in [1.807, 2.05) is 14.0 Å². The molecule has 2 N–H and O–H groups in total. The third kappa shape index (κ3) is 1.58. The van der Waals surface area contributed by atoms with Crippen LogP contribution in [0, 0.1) is 6.92 Å². The zero-order chi connectivity index (χ0) is 11.0. The maximum atomic E-state index is 11.7. The summed E-state index contributed by atoms with van der Waals surface area (Å²) in [5.41, 5.74) is 1.66. The molecule has 2 heterocycles. The molecule has 0 aliphatic carbocycles. The van der Waals surface area contributed by atoms with Gasteiger partial charge in [0.25, 0.3) is 0 Å². The minimum atomic E-state index is -0.128. The fourth-order valence-corrected chi connectivity index (χ4v) is 1.91. The number of aryl methyl sites for hydroxylation is 2. The van der Waals surface area contributed by atoms with E-state index in [4.69, 9.17) is 0 Å². The number of carbonyl (C=O) groups is 1. The zero-order valence-corrected chi connectivity index (χ0v) is 9.29. The van der Waals surface area contributed by atoms with E-state index in [0.717, 1.165) is 30.0 Å². The highest BCUT2D eigenvalue weighted by molar-refractivity contribution is 6.02. The van der Waals surface area contributed by atoms with Crippen molar-refractivity contribution in [3.63, 3.8) is 0 Å². The Morgan fingerprint density at radius 1 is 1.53 bits per heavy atom. The Balaban J connectivity index is 2.32. The summed E-state index contributed by atoms with van der Waals surface area (Å²) in [6.07, 6.45) is 1.83. The first-order valence-corrected chi connectivity index (χ1v) is 5.24. The van der Waals surface area contributed by atoms with Gasteiger partial charge in [0.1, 0.15) is 17.5 Å². The summed E-state index contributed by atoms with van der Waals surface area (Å²) in [5.74, 6) is 0.950. The van der Waals surface area contributed by atoms with Crippen molar-refractivity contribution in [1.82, 2.24) is 9.78 Å². The molecule has 1 aromatic rings. The van der Waals surface area contributed by atoms with Gasteiger partial charge in [-0.2, -0.15) is 5.10 Å². The highest BCUT2D eigenvalue weighted by Gasteiger charge is 2.28. The van der Waals surface area contributed by atoms with Crippen LogP contribution in [0.25, 0.3) is 0 Å². The second kappa shape index (κ2) is 3.56. The first kappa shape index (κ1) is 10.0. The molecular weight excluding hydrogens is 192 g/mol. The van der Waals surface area contributed by atoms with Crippen molar-refractivity contribution in [3.8, 4) is 0 Å². The number of carbonyl (C=O) groups excluding carboxylic acids is 1. The van der Waals surface area contributed by atoms with Crippen LogP contribution < -0.4 is 10.6 Å². The van der Waals surface area contributed by atoms with Gasteiger partial charge in [0.05, 0.1) is 5.69 Å². The Morgan fingerprint density at radius 3 is 2.93 bits per heavy atom. The smallest absolute Gasteiger partial charge is 0.247 e. The molecule has 0 fully saturated rings. The van der Waals surface area contributed by atoms with E-state index in [-0.39, 0.29) is 11.9 Å². The van der Waals surface area contributed by atoms with Gasteiger partial charge in [0.2, 0.25) is 5.91 Å². The lowest BCUT2D eigenvalue weighted by Crippen LogP contribution is -2.39. The van der Waals surface area contributed by atoms with Crippen LogP contribution in [-0.4, -0.2) is 21.7 Å². The summed E-state index contributed by atoms with van der Waals surface area (Å²) in [4.78, 5) is 11.7. The number of rotatable bonds is 2. The summed E-state index contributed by atoms with van der Waals surface area (Å²) in [7, 11) is 1.87. The van der Waals surface area contributed by atoms with Gasteiger partial charge in [-0.3, -0.25) is 9.48 Å². The average molecular weight is 208 g/mol.